The van der Waals surface area contributed by atoms with E-state index < -0.39 is 5.82 Å². The molecule has 0 saturated carbocycles. The van der Waals surface area contributed by atoms with Crippen LogP contribution >= 0.6 is 0 Å². The molecule has 3 nitrogen and oxygen atoms in total. The van der Waals surface area contributed by atoms with Crippen LogP contribution in [0.15, 0.2) is 48.8 Å². The average molecular weight is 228 g/mol. The molecular formula is C13H9FN2O. The number of rotatable bonds is 2. The summed E-state index contributed by atoms with van der Waals surface area (Å²) in [6.07, 6.45) is 3.42. The molecular weight excluding hydrogens is 219 g/mol. The van der Waals surface area contributed by atoms with Gasteiger partial charge in [0.25, 0.3) is 0 Å². The number of fused-ring (bicyclic) bond motifs is 1. The van der Waals surface area contributed by atoms with Crippen LogP contribution in [0.2, 0.25) is 0 Å². The van der Waals surface area contributed by atoms with Crippen LogP contribution in [0, 0.1) is 5.82 Å². The maximum absolute atomic E-state index is 13.4. The number of para-hydroxylation sites is 1. The minimum absolute atomic E-state index is 0.169. The molecule has 0 radical (unpaired) electrons. The van der Waals surface area contributed by atoms with Crippen molar-refractivity contribution < 1.29 is 9.13 Å². The van der Waals surface area contributed by atoms with Crippen LogP contribution in [-0.4, -0.2) is 9.97 Å². The van der Waals surface area contributed by atoms with Gasteiger partial charge in [-0.25, -0.2) is 9.37 Å². The second-order valence-corrected chi connectivity index (χ2v) is 3.59. The van der Waals surface area contributed by atoms with Crippen LogP contribution in [0.5, 0.6) is 11.6 Å². The predicted molar refractivity (Wildman–Crippen MR) is 62.6 cm³/mol. The molecule has 0 aliphatic heterocycles. The van der Waals surface area contributed by atoms with Crippen molar-refractivity contribution in [2.75, 3.05) is 0 Å². The maximum atomic E-state index is 13.4. The number of hydrogen-bond donors (Lipinski definition) is 1. The van der Waals surface area contributed by atoms with Gasteiger partial charge in [0.15, 0.2) is 11.6 Å². The van der Waals surface area contributed by atoms with Crippen LogP contribution < -0.4 is 4.74 Å². The first-order valence-electron chi connectivity index (χ1n) is 5.19. The van der Waals surface area contributed by atoms with Gasteiger partial charge in [-0.1, -0.05) is 12.1 Å². The Balaban J connectivity index is 2.06. The summed E-state index contributed by atoms with van der Waals surface area (Å²) in [6.45, 7) is 0. The SMILES string of the molecule is Fc1ccccc1Oc1nccc2cc[nH]c12. The van der Waals surface area contributed by atoms with E-state index in [-0.39, 0.29) is 5.75 Å². The number of benzene rings is 1. The number of aromatic amines is 1. The molecule has 2 heterocycles. The summed E-state index contributed by atoms with van der Waals surface area (Å²) in [6, 6.07) is 10.0. The molecule has 0 spiro atoms. The van der Waals surface area contributed by atoms with Crippen molar-refractivity contribution in [2.24, 2.45) is 0 Å². The fraction of sp³-hybridized carbons (Fsp3) is 0. The average Bonchev–Trinajstić information content (AvgIpc) is 2.81. The molecule has 84 valence electrons. The largest absolute Gasteiger partial charge is 0.434 e. The second kappa shape index (κ2) is 3.90. The van der Waals surface area contributed by atoms with Gasteiger partial charge < -0.3 is 9.72 Å². The lowest BCUT2D eigenvalue weighted by atomic mass is 10.3. The summed E-state index contributed by atoms with van der Waals surface area (Å²) in [5, 5.41) is 0.978. The van der Waals surface area contributed by atoms with Crippen molar-refractivity contribution in [1.82, 2.24) is 9.97 Å². The molecule has 4 heteroatoms. The number of aromatic nitrogens is 2. The molecule has 0 amide bonds. The summed E-state index contributed by atoms with van der Waals surface area (Å²) >= 11 is 0. The Morgan fingerprint density at radius 2 is 2.00 bits per heavy atom. The molecule has 1 N–H and O–H groups in total. The van der Waals surface area contributed by atoms with E-state index in [4.69, 9.17) is 4.74 Å². The van der Waals surface area contributed by atoms with Crippen molar-refractivity contribution in [3.8, 4) is 11.6 Å². The van der Waals surface area contributed by atoms with Gasteiger partial charge in [-0.2, -0.15) is 0 Å². The van der Waals surface area contributed by atoms with E-state index in [0.717, 1.165) is 10.9 Å². The minimum Gasteiger partial charge on any atom is -0.434 e. The smallest absolute Gasteiger partial charge is 0.243 e. The highest BCUT2D eigenvalue weighted by Crippen LogP contribution is 2.27. The fourth-order valence-corrected chi connectivity index (χ4v) is 1.66. The van der Waals surface area contributed by atoms with E-state index in [1.807, 2.05) is 12.1 Å². The zero-order chi connectivity index (χ0) is 11.7. The lowest BCUT2D eigenvalue weighted by Crippen LogP contribution is -1.91. The van der Waals surface area contributed by atoms with Crippen molar-refractivity contribution in [3.05, 3.63) is 54.6 Å². The van der Waals surface area contributed by atoms with Gasteiger partial charge in [-0.05, 0) is 24.3 Å². The highest BCUT2D eigenvalue weighted by Gasteiger charge is 2.08. The number of pyridine rings is 1. The lowest BCUT2D eigenvalue weighted by molar-refractivity contribution is 0.431. The summed E-state index contributed by atoms with van der Waals surface area (Å²) < 4.78 is 18.9. The summed E-state index contributed by atoms with van der Waals surface area (Å²) in [5.74, 6) is 0.137. The monoisotopic (exact) mass is 228 g/mol. The number of nitrogens with one attached hydrogen (secondary N) is 1. The molecule has 17 heavy (non-hydrogen) atoms. The van der Waals surface area contributed by atoms with Gasteiger partial charge in [0.2, 0.25) is 5.88 Å². The first-order valence-corrected chi connectivity index (χ1v) is 5.19. The van der Waals surface area contributed by atoms with E-state index in [2.05, 4.69) is 9.97 Å². The predicted octanol–water partition coefficient (Wildman–Crippen LogP) is 3.49. The van der Waals surface area contributed by atoms with Crippen LogP contribution in [0.3, 0.4) is 0 Å². The molecule has 0 unspecified atom stereocenters. The van der Waals surface area contributed by atoms with Gasteiger partial charge in [-0.15, -0.1) is 0 Å². The molecule has 0 saturated heterocycles. The zero-order valence-electron chi connectivity index (χ0n) is 8.85. The summed E-state index contributed by atoms with van der Waals surface area (Å²) in [4.78, 5) is 7.11. The van der Waals surface area contributed by atoms with Crippen molar-refractivity contribution in [1.29, 1.82) is 0 Å². The van der Waals surface area contributed by atoms with Crippen LogP contribution in [-0.2, 0) is 0 Å². The molecule has 0 bridgehead atoms. The van der Waals surface area contributed by atoms with Gasteiger partial charge in [0, 0.05) is 17.8 Å². The van der Waals surface area contributed by atoms with E-state index in [0.29, 0.717) is 5.88 Å². The fourth-order valence-electron chi connectivity index (χ4n) is 1.66. The topological polar surface area (TPSA) is 37.9 Å². The van der Waals surface area contributed by atoms with Crippen LogP contribution in [0.25, 0.3) is 10.9 Å². The minimum atomic E-state index is -0.405. The van der Waals surface area contributed by atoms with Crippen LogP contribution in [0.4, 0.5) is 4.39 Å². The Morgan fingerprint density at radius 3 is 2.88 bits per heavy atom. The van der Waals surface area contributed by atoms with Crippen LogP contribution in [0.1, 0.15) is 0 Å². The number of hydrogen-bond acceptors (Lipinski definition) is 2. The lowest BCUT2D eigenvalue weighted by Gasteiger charge is -2.06. The zero-order valence-corrected chi connectivity index (χ0v) is 8.85. The molecule has 3 aromatic rings. The Morgan fingerprint density at radius 1 is 1.12 bits per heavy atom. The molecule has 0 aliphatic carbocycles. The quantitative estimate of drug-likeness (QED) is 0.729. The molecule has 1 aromatic carbocycles. The molecule has 0 fully saturated rings. The first kappa shape index (κ1) is 9.84. The van der Waals surface area contributed by atoms with Gasteiger partial charge in [0.05, 0.1) is 0 Å². The normalized spacial score (nSPS) is 10.6. The Kier molecular flexibility index (Phi) is 2.26. The Labute approximate surface area is 96.9 Å². The molecule has 3 rings (SSSR count). The Hall–Kier alpha value is -2.36. The number of nitrogens with zero attached hydrogens (tertiary/aromatic N) is 1. The van der Waals surface area contributed by atoms with Gasteiger partial charge in [0.1, 0.15) is 5.52 Å². The third-order valence-corrected chi connectivity index (χ3v) is 2.48. The molecule has 0 atom stereocenters. The highest BCUT2D eigenvalue weighted by molar-refractivity contribution is 5.83. The Bertz CT molecular complexity index is 663. The van der Waals surface area contributed by atoms with E-state index in [1.165, 1.54) is 6.07 Å². The van der Waals surface area contributed by atoms with Gasteiger partial charge >= 0.3 is 0 Å². The third-order valence-electron chi connectivity index (χ3n) is 2.48. The van der Waals surface area contributed by atoms with Gasteiger partial charge in [-0.3, -0.25) is 0 Å². The van der Waals surface area contributed by atoms with Crippen molar-refractivity contribution in [3.63, 3.8) is 0 Å². The number of H-pyrrole nitrogens is 1. The number of halogens is 1. The second-order valence-electron chi connectivity index (χ2n) is 3.59. The highest BCUT2D eigenvalue weighted by atomic mass is 19.1. The molecule has 0 aliphatic rings. The summed E-state index contributed by atoms with van der Waals surface area (Å²) in [5.41, 5.74) is 0.760. The van der Waals surface area contributed by atoms with E-state index in [9.17, 15) is 4.39 Å². The number of ether oxygens (including phenoxy) is 1. The van der Waals surface area contributed by atoms with E-state index in [1.54, 1.807) is 30.6 Å². The van der Waals surface area contributed by atoms with E-state index >= 15 is 0 Å². The third kappa shape index (κ3) is 1.73. The standard InChI is InChI=1S/C13H9FN2O/c14-10-3-1-2-4-11(10)17-13-12-9(5-7-15-12)6-8-16-13/h1-8,15H. The van der Waals surface area contributed by atoms with Crippen molar-refractivity contribution >= 4 is 10.9 Å². The molecule has 2 aromatic heterocycles. The maximum Gasteiger partial charge on any atom is 0.243 e. The summed E-state index contributed by atoms with van der Waals surface area (Å²) in [7, 11) is 0. The first-order chi connectivity index (χ1) is 8.34. The van der Waals surface area contributed by atoms with Crippen molar-refractivity contribution in [2.45, 2.75) is 0 Å².